The SMILES string of the molecule is COc1ccc(S(=O)(=O)NCc2ccc(OC(C)C)cc2)cc1C(=O)N1CCCC1. The fourth-order valence-electron chi connectivity index (χ4n) is 3.33. The number of likely N-dealkylation sites (tertiary alicyclic amines) is 1. The van der Waals surface area contributed by atoms with Crippen LogP contribution in [0.25, 0.3) is 0 Å². The minimum absolute atomic E-state index is 0.0330. The Balaban J connectivity index is 1.75. The van der Waals surface area contributed by atoms with Gasteiger partial charge in [0.05, 0.1) is 23.7 Å². The maximum absolute atomic E-state index is 12.8. The van der Waals surface area contributed by atoms with Crippen LogP contribution in [0.1, 0.15) is 42.6 Å². The van der Waals surface area contributed by atoms with E-state index in [-0.39, 0.29) is 29.0 Å². The largest absolute Gasteiger partial charge is 0.496 e. The third-order valence-corrected chi connectivity index (χ3v) is 6.27. The lowest BCUT2D eigenvalue weighted by atomic mass is 10.1. The number of amides is 1. The van der Waals surface area contributed by atoms with Crippen molar-refractivity contribution in [1.82, 2.24) is 9.62 Å². The highest BCUT2D eigenvalue weighted by Crippen LogP contribution is 2.25. The van der Waals surface area contributed by atoms with Gasteiger partial charge in [-0.3, -0.25) is 4.79 Å². The van der Waals surface area contributed by atoms with Gasteiger partial charge in [0.2, 0.25) is 10.0 Å². The number of ether oxygens (including phenoxy) is 2. The third-order valence-electron chi connectivity index (χ3n) is 4.87. The molecule has 0 radical (unpaired) electrons. The summed E-state index contributed by atoms with van der Waals surface area (Å²) < 4.78 is 39.1. The van der Waals surface area contributed by atoms with Crippen LogP contribution < -0.4 is 14.2 Å². The summed E-state index contributed by atoms with van der Waals surface area (Å²) >= 11 is 0. The molecule has 2 aromatic carbocycles. The number of carbonyl (C=O) groups excluding carboxylic acids is 1. The van der Waals surface area contributed by atoms with Crippen LogP contribution in [0.2, 0.25) is 0 Å². The highest BCUT2D eigenvalue weighted by Gasteiger charge is 2.25. The van der Waals surface area contributed by atoms with Crippen LogP contribution in [-0.2, 0) is 16.6 Å². The monoisotopic (exact) mass is 432 g/mol. The Morgan fingerprint density at radius 1 is 1.10 bits per heavy atom. The van der Waals surface area contributed by atoms with E-state index in [1.807, 2.05) is 38.1 Å². The van der Waals surface area contributed by atoms with Crippen LogP contribution in [0.4, 0.5) is 0 Å². The molecule has 2 aromatic rings. The number of nitrogens with one attached hydrogen (secondary N) is 1. The third kappa shape index (κ3) is 5.31. The molecule has 1 N–H and O–H groups in total. The molecule has 30 heavy (non-hydrogen) atoms. The Morgan fingerprint density at radius 3 is 2.37 bits per heavy atom. The average molecular weight is 433 g/mol. The Morgan fingerprint density at radius 2 is 1.77 bits per heavy atom. The lowest BCUT2D eigenvalue weighted by Gasteiger charge is -2.18. The van der Waals surface area contributed by atoms with E-state index in [1.54, 1.807) is 4.90 Å². The minimum atomic E-state index is -3.80. The molecule has 1 amide bonds. The van der Waals surface area contributed by atoms with Crippen LogP contribution in [0.15, 0.2) is 47.4 Å². The van der Waals surface area contributed by atoms with E-state index in [1.165, 1.54) is 25.3 Å². The van der Waals surface area contributed by atoms with Gasteiger partial charge in [0.15, 0.2) is 0 Å². The minimum Gasteiger partial charge on any atom is -0.496 e. The average Bonchev–Trinajstić information content (AvgIpc) is 3.27. The Hall–Kier alpha value is -2.58. The maximum Gasteiger partial charge on any atom is 0.257 e. The molecule has 1 aliphatic rings. The van der Waals surface area contributed by atoms with Crippen molar-refractivity contribution in [3.8, 4) is 11.5 Å². The molecule has 1 saturated heterocycles. The summed E-state index contributed by atoms with van der Waals surface area (Å²) in [5, 5.41) is 0. The van der Waals surface area contributed by atoms with E-state index in [9.17, 15) is 13.2 Å². The summed E-state index contributed by atoms with van der Waals surface area (Å²) in [7, 11) is -2.33. The molecule has 0 saturated carbocycles. The lowest BCUT2D eigenvalue weighted by molar-refractivity contribution is 0.0789. The standard InChI is InChI=1S/C22H28N2O5S/c1-16(2)29-18-8-6-17(7-9-18)15-23-30(26,27)19-10-11-21(28-3)20(14-19)22(25)24-12-4-5-13-24/h6-11,14,16,23H,4-5,12-13,15H2,1-3H3. The first-order valence-corrected chi connectivity index (χ1v) is 11.5. The molecule has 1 heterocycles. The second-order valence-electron chi connectivity index (χ2n) is 7.50. The topological polar surface area (TPSA) is 84.9 Å². The van der Waals surface area contributed by atoms with Gasteiger partial charge >= 0.3 is 0 Å². The molecular formula is C22H28N2O5S. The summed E-state index contributed by atoms with van der Waals surface area (Å²) in [6.07, 6.45) is 1.98. The molecule has 8 heteroatoms. The smallest absolute Gasteiger partial charge is 0.257 e. The van der Waals surface area contributed by atoms with E-state index in [4.69, 9.17) is 9.47 Å². The van der Waals surface area contributed by atoms with Crippen molar-refractivity contribution in [2.24, 2.45) is 0 Å². The fourth-order valence-corrected chi connectivity index (χ4v) is 4.38. The van der Waals surface area contributed by atoms with Gasteiger partial charge in [-0.1, -0.05) is 12.1 Å². The summed E-state index contributed by atoms with van der Waals surface area (Å²) in [5.74, 6) is 0.894. The second kappa shape index (κ2) is 9.49. The first-order chi connectivity index (χ1) is 14.3. The quantitative estimate of drug-likeness (QED) is 0.692. The molecule has 0 aliphatic carbocycles. The Kier molecular flexibility index (Phi) is 6.99. The molecular weight excluding hydrogens is 404 g/mol. The van der Waals surface area contributed by atoms with Crippen molar-refractivity contribution in [2.75, 3.05) is 20.2 Å². The van der Waals surface area contributed by atoms with Gasteiger partial charge in [0.25, 0.3) is 5.91 Å². The van der Waals surface area contributed by atoms with Crippen molar-refractivity contribution < 1.29 is 22.7 Å². The van der Waals surface area contributed by atoms with Crippen LogP contribution in [0, 0.1) is 0 Å². The predicted octanol–water partition coefficient (Wildman–Crippen LogP) is 3.20. The van der Waals surface area contributed by atoms with E-state index < -0.39 is 10.0 Å². The van der Waals surface area contributed by atoms with Crippen molar-refractivity contribution in [1.29, 1.82) is 0 Å². The number of methoxy groups -OCH3 is 1. The van der Waals surface area contributed by atoms with E-state index in [0.717, 1.165) is 24.2 Å². The number of hydrogen-bond acceptors (Lipinski definition) is 5. The Labute approximate surface area is 178 Å². The fraction of sp³-hybridized carbons (Fsp3) is 0.409. The van der Waals surface area contributed by atoms with Gasteiger partial charge in [-0.15, -0.1) is 0 Å². The normalized spacial score (nSPS) is 14.2. The maximum atomic E-state index is 12.8. The number of sulfonamides is 1. The first kappa shape index (κ1) is 22.1. The van der Waals surface area contributed by atoms with Gasteiger partial charge in [-0.25, -0.2) is 13.1 Å². The van der Waals surface area contributed by atoms with Crippen molar-refractivity contribution in [2.45, 2.75) is 44.2 Å². The molecule has 0 unspecified atom stereocenters. The summed E-state index contributed by atoms with van der Waals surface area (Å²) in [4.78, 5) is 14.6. The molecule has 162 valence electrons. The van der Waals surface area contributed by atoms with Gasteiger partial charge in [-0.05, 0) is 62.6 Å². The molecule has 1 fully saturated rings. The molecule has 1 aliphatic heterocycles. The van der Waals surface area contributed by atoms with Crippen molar-refractivity contribution in [3.63, 3.8) is 0 Å². The zero-order valence-corrected chi connectivity index (χ0v) is 18.4. The molecule has 7 nitrogen and oxygen atoms in total. The Bertz CT molecular complexity index is 981. The molecule has 0 bridgehead atoms. The van der Waals surface area contributed by atoms with E-state index in [0.29, 0.717) is 18.8 Å². The number of rotatable bonds is 8. The van der Waals surface area contributed by atoms with Crippen LogP contribution in [0.5, 0.6) is 11.5 Å². The number of carbonyl (C=O) groups is 1. The second-order valence-corrected chi connectivity index (χ2v) is 9.26. The van der Waals surface area contributed by atoms with Gasteiger partial charge < -0.3 is 14.4 Å². The van der Waals surface area contributed by atoms with Crippen molar-refractivity contribution in [3.05, 3.63) is 53.6 Å². The summed E-state index contributed by atoms with van der Waals surface area (Å²) in [5.41, 5.74) is 1.06. The highest BCUT2D eigenvalue weighted by molar-refractivity contribution is 7.89. The molecule has 3 rings (SSSR count). The number of nitrogens with zero attached hydrogens (tertiary/aromatic N) is 1. The molecule has 0 spiro atoms. The molecule has 0 atom stereocenters. The van der Waals surface area contributed by atoms with Gasteiger partial charge in [-0.2, -0.15) is 0 Å². The summed E-state index contributed by atoms with van der Waals surface area (Å²) in [6.45, 7) is 5.37. The van der Waals surface area contributed by atoms with E-state index >= 15 is 0 Å². The summed E-state index contributed by atoms with van der Waals surface area (Å²) in [6, 6.07) is 11.6. The van der Waals surface area contributed by atoms with Crippen LogP contribution >= 0.6 is 0 Å². The number of benzene rings is 2. The molecule has 0 aromatic heterocycles. The zero-order valence-electron chi connectivity index (χ0n) is 17.6. The van der Waals surface area contributed by atoms with Gasteiger partial charge in [0, 0.05) is 19.6 Å². The van der Waals surface area contributed by atoms with Crippen LogP contribution in [-0.4, -0.2) is 45.5 Å². The zero-order chi connectivity index (χ0) is 21.7. The lowest BCUT2D eigenvalue weighted by Crippen LogP contribution is -2.29. The van der Waals surface area contributed by atoms with Crippen molar-refractivity contribution >= 4 is 15.9 Å². The first-order valence-electron chi connectivity index (χ1n) is 10.0. The van der Waals surface area contributed by atoms with E-state index in [2.05, 4.69) is 4.72 Å². The van der Waals surface area contributed by atoms with Crippen LogP contribution in [0.3, 0.4) is 0 Å². The predicted molar refractivity (Wildman–Crippen MR) is 114 cm³/mol. The highest BCUT2D eigenvalue weighted by atomic mass is 32.2. The number of hydrogen-bond donors (Lipinski definition) is 1. The van der Waals surface area contributed by atoms with Gasteiger partial charge in [0.1, 0.15) is 11.5 Å².